The van der Waals surface area contributed by atoms with Gasteiger partial charge in [-0.05, 0) is 30.3 Å². The first-order valence-corrected chi connectivity index (χ1v) is 9.91. The van der Waals surface area contributed by atoms with Gasteiger partial charge in [0.1, 0.15) is 24.0 Å². The number of amides is 1. The second-order valence-corrected chi connectivity index (χ2v) is 7.57. The van der Waals surface area contributed by atoms with Crippen LogP contribution in [0.4, 0.5) is 14.5 Å². The molecule has 3 aromatic rings. The molecule has 11 heteroatoms. The van der Waals surface area contributed by atoms with Gasteiger partial charge < -0.3 is 14.6 Å². The van der Waals surface area contributed by atoms with Crippen LogP contribution in [-0.2, 0) is 18.4 Å². The third-order valence-electron chi connectivity index (χ3n) is 3.71. The molecule has 152 valence electrons. The van der Waals surface area contributed by atoms with Crippen LogP contribution >= 0.6 is 35.0 Å². The van der Waals surface area contributed by atoms with Crippen molar-refractivity contribution in [2.24, 2.45) is 7.05 Å². The Hall–Kier alpha value is -2.36. The Bertz CT molecular complexity index is 1050. The van der Waals surface area contributed by atoms with Gasteiger partial charge in [0, 0.05) is 18.1 Å². The number of halogens is 4. The maximum atomic E-state index is 13.6. The third kappa shape index (κ3) is 5.59. The molecule has 0 aliphatic heterocycles. The highest BCUT2D eigenvalue weighted by Gasteiger charge is 2.14. The number of hydrogen-bond acceptors (Lipinski definition) is 5. The van der Waals surface area contributed by atoms with Gasteiger partial charge in [-0.1, -0.05) is 35.0 Å². The topological polar surface area (TPSA) is 69.0 Å². The molecule has 0 aliphatic rings. The molecule has 6 nitrogen and oxygen atoms in total. The zero-order valence-electron chi connectivity index (χ0n) is 15.0. The van der Waals surface area contributed by atoms with E-state index in [-0.39, 0.29) is 18.0 Å². The second-order valence-electron chi connectivity index (χ2n) is 5.78. The summed E-state index contributed by atoms with van der Waals surface area (Å²) in [6.45, 7) is 0.110. The summed E-state index contributed by atoms with van der Waals surface area (Å²) in [5, 5.41) is 11.8. The lowest BCUT2D eigenvalue weighted by Gasteiger charge is -2.08. The molecule has 1 aromatic heterocycles. The molecule has 2 aromatic carbocycles. The van der Waals surface area contributed by atoms with Crippen LogP contribution < -0.4 is 10.1 Å². The van der Waals surface area contributed by atoms with Gasteiger partial charge in [-0.15, -0.1) is 10.2 Å². The number of benzene rings is 2. The maximum absolute atomic E-state index is 13.6. The van der Waals surface area contributed by atoms with E-state index in [1.165, 1.54) is 0 Å². The van der Waals surface area contributed by atoms with Crippen LogP contribution in [0.15, 0.2) is 41.6 Å². The predicted octanol–water partition coefficient (Wildman–Crippen LogP) is 4.71. The number of aromatic nitrogens is 3. The van der Waals surface area contributed by atoms with Gasteiger partial charge >= 0.3 is 0 Å². The van der Waals surface area contributed by atoms with Crippen molar-refractivity contribution in [3.8, 4) is 5.75 Å². The van der Waals surface area contributed by atoms with Crippen molar-refractivity contribution in [3.05, 3.63) is 63.9 Å². The molecular weight excluding hydrogens is 445 g/mol. The number of carbonyl (C=O) groups excluding carboxylic acids is 1. The normalized spacial score (nSPS) is 10.8. The number of hydrogen-bond donors (Lipinski definition) is 1. The molecule has 0 unspecified atom stereocenters. The minimum Gasteiger partial charge on any atom is -0.484 e. The Labute approximate surface area is 179 Å². The summed E-state index contributed by atoms with van der Waals surface area (Å²) in [7, 11) is 1.72. The van der Waals surface area contributed by atoms with Gasteiger partial charge in [-0.3, -0.25) is 4.79 Å². The lowest BCUT2D eigenvalue weighted by molar-refractivity contribution is -0.113. The van der Waals surface area contributed by atoms with Crippen molar-refractivity contribution in [2.45, 2.75) is 11.8 Å². The molecule has 3 rings (SSSR count). The van der Waals surface area contributed by atoms with E-state index in [1.54, 1.807) is 29.8 Å². The lowest BCUT2D eigenvalue weighted by atomic mass is 10.3. The number of nitrogens with zero attached hydrogens (tertiary/aromatic N) is 3. The van der Waals surface area contributed by atoms with Gasteiger partial charge in [0.15, 0.2) is 11.0 Å². The smallest absolute Gasteiger partial charge is 0.234 e. The zero-order valence-corrected chi connectivity index (χ0v) is 17.3. The molecule has 0 atom stereocenters. The lowest BCUT2D eigenvalue weighted by Crippen LogP contribution is -2.15. The molecule has 29 heavy (non-hydrogen) atoms. The molecule has 0 bridgehead atoms. The highest BCUT2D eigenvalue weighted by atomic mass is 35.5. The van der Waals surface area contributed by atoms with Gasteiger partial charge in [-0.2, -0.15) is 0 Å². The number of carbonyl (C=O) groups is 1. The Morgan fingerprint density at radius 2 is 2.00 bits per heavy atom. The van der Waals surface area contributed by atoms with Crippen molar-refractivity contribution in [1.82, 2.24) is 14.8 Å². The van der Waals surface area contributed by atoms with Gasteiger partial charge in [-0.25, -0.2) is 8.78 Å². The number of anilines is 1. The molecule has 0 saturated heterocycles. The number of rotatable bonds is 7. The van der Waals surface area contributed by atoms with Crippen molar-refractivity contribution >= 4 is 46.6 Å². The van der Waals surface area contributed by atoms with Crippen molar-refractivity contribution in [3.63, 3.8) is 0 Å². The summed E-state index contributed by atoms with van der Waals surface area (Å²) in [6, 6.07) is 7.79. The van der Waals surface area contributed by atoms with Crippen molar-refractivity contribution in [2.75, 3.05) is 11.1 Å². The summed E-state index contributed by atoms with van der Waals surface area (Å²) < 4.78 is 33.8. The van der Waals surface area contributed by atoms with Gasteiger partial charge in [0.2, 0.25) is 5.91 Å². The predicted molar refractivity (Wildman–Crippen MR) is 108 cm³/mol. The molecule has 0 aliphatic carbocycles. The quantitative estimate of drug-likeness (QED) is 0.519. The van der Waals surface area contributed by atoms with E-state index in [1.807, 2.05) is 0 Å². The van der Waals surface area contributed by atoms with Crippen LogP contribution in [0.25, 0.3) is 0 Å². The molecular formula is C18H14Cl2F2N4O2S. The van der Waals surface area contributed by atoms with Crippen LogP contribution in [0.2, 0.25) is 10.0 Å². The van der Waals surface area contributed by atoms with E-state index >= 15 is 0 Å². The minimum absolute atomic E-state index is 0.0351. The molecule has 0 spiro atoms. The first kappa shape index (κ1) is 21.4. The number of nitrogens with one attached hydrogen (secondary N) is 1. The molecule has 0 fully saturated rings. The highest BCUT2D eigenvalue weighted by Crippen LogP contribution is 2.28. The Balaban J connectivity index is 1.55. The van der Waals surface area contributed by atoms with Gasteiger partial charge in [0.05, 0.1) is 16.5 Å². The summed E-state index contributed by atoms with van der Waals surface area (Å²) in [6.07, 6.45) is 0. The minimum atomic E-state index is -0.845. The Morgan fingerprint density at radius 3 is 2.72 bits per heavy atom. The van der Waals surface area contributed by atoms with Crippen LogP contribution in [-0.4, -0.2) is 26.4 Å². The maximum Gasteiger partial charge on any atom is 0.234 e. The Morgan fingerprint density at radius 1 is 1.21 bits per heavy atom. The molecule has 0 saturated carbocycles. The van der Waals surface area contributed by atoms with E-state index < -0.39 is 17.5 Å². The fraction of sp³-hybridized carbons (Fsp3) is 0.167. The zero-order chi connectivity index (χ0) is 21.0. The van der Waals surface area contributed by atoms with Crippen LogP contribution in [0, 0.1) is 11.6 Å². The van der Waals surface area contributed by atoms with Crippen molar-refractivity contribution in [1.29, 1.82) is 0 Å². The largest absolute Gasteiger partial charge is 0.484 e. The van der Waals surface area contributed by atoms with Crippen LogP contribution in [0.1, 0.15) is 5.82 Å². The van der Waals surface area contributed by atoms with E-state index in [0.29, 0.717) is 32.8 Å². The first-order chi connectivity index (χ1) is 13.8. The van der Waals surface area contributed by atoms with Gasteiger partial charge in [0.25, 0.3) is 0 Å². The standard InChI is InChI=1S/C18H14Cl2F2N4O2S/c1-26-16(8-28-15-5-2-10(19)6-12(15)20)24-25-18(26)29-9-17(27)23-14-4-3-11(21)7-13(14)22/h2-7H,8-9H2,1H3,(H,23,27). The summed E-state index contributed by atoms with van der Waals surface area (Å²) >= 11 is 13.0. The Kier molecular flexibility index (Phi) is 6.94. The number of ether oxygens (including phenoxy) is 1. The summed E-state index contributed by atoms with van der Waals surface area (Å²) in [5.41, 5.74) is -0.0936. The fourth-order valence-electron chi connectivity index (χ4n) is 2.24. The van der Waals surface area contributed by atoms with E-state index in [2.05, 4.69) is 15.5 Å². The van der Waals surface area contributed by atoms with E-state index in [4.69, 9.17) is 27.9 Å². The third-order valence-corrected chi connectivity index (χ3v) is 5.26. The molecule has 1 heterocycles. The average Bonchev–Trinajstić information content (AvgIpc) is 3.01. The van der Waals surface area contributed by atoms with Crippen LogP contribution in [0.5, 0.6) is 5.75 Å². The van der Waals surface area contributed by atoms with Crippen LogP contribution in [0.3, 0.4) is 0 Å². The first-order valence-electron chi connectivity index (χ1n) is 8.17. The SMILES string of the molecule is Cn1c(COc2ccc(Cl)cc2Cl)nnc1SCC(=O)Nc1ccc(F)cc1F. The fourth-order valence-corrected chi connectivity index (χ4v) is 3.43. The number of thioether (sulfide) groups is 1. The summed E-state index contributed by atoms with van der Waals surface area (Å²) in [4.78, 5) is 12.0. The molecule has 1 N–H and O–H groups in total. The van der Waals surface area contributed by atoms with E-state index in [9.17, 15) is 13.6 Å². The second kappa shape index (κ2) is 9.43. The van der Waals surface area contributed by atoms with Crippen molar-refractivity contribution < 1.29 is 18.3 Å². The molecule has 1 amide bonds. The summed E-state index contributed by atoms with van der Waals surface area (Å²) in [5.74, 6) is -1.09. The van der Waals surface area contributed by atoms with E-state index in [0.717, 1.165) is 23.9 Å². The molecule has 0 radical (unpaired) electrons. The average molecular weight is 459 g/mol. The monoisotopic (exact) mass is 458 g/mol. The highest BCUT2D eigenvalue weighted by molar-refractivity contribution is 7.99.